The minimum Gasteiger partial charge on any atom is -0.379 e. The summed E-state index contributed by atoms with van der Waals surface area (Å²) in [7, 11) is 0. The standard InChI is InChI=1S/C17H24FN3O2/c18-15-6-2-1-5-14(15)16(21-8-10-23-11-9-21)17(22)20-13-4-3-7-19-12-13/h1-2,5-6,13,16,19H,3-4,7-12H2,(H,20,22). The molecule has 3 rings (SSSR count). The topological polar surface area (TPSA) is 53.6 Å². The highest BCUT2D eigenvalue weighted by Gasteiger charge is 2.32. The first-order chi connectivity index (χ1) is 11.3. The van der Waals surface area contributed by atoms with E-state index in [0.717, 1.165) is 25.9 Å². The van der Waals surface area contributed by atoms with Gasteiger partial charge in [-0.05, 0) is 25.5 Å². The van der Waals surface area contributed by atoms with Gasteiger partial charge in [-0.25, -0.2) is 4.39 Å². The molecule has 2 atom stereocenters. The zero-order valence-corrected chi connectivity index (χ0v) is 13.3. The van der Waals surface area contributed by atoms with E-state index in [0.29, 0.717) is 31.9 Å². The number of amides is 1. The van der Waals surface area contributed by atoms with Crippen molar-refractivity contribution in [2.45, 2.75) is 24.9 Å². The number of piperidine rings is 1. The van der Waals surface area contributed by atoms with Gasteiger partial charge in [-0.3, -0.25) is 9.69 Å². The summed E-state index contributed by atoms with van der Waals surface area (Å²) in [5.74, 6) is -0.452. The second-order valence-electron chi connectivity index (χ2n) is 6.12. The number of hydrogen-bond donors (Lipinski definition) is 2. The average Bonchev–Trinajstić information content (AvgIpc) is 2.59. The number of rotatable bonds is 4. The first kappa shape index (κ1) is 16.4. The molecule has 1 amide bonds. The molecule has 1 aromatic rings. The number of nitrogens with zero attached hydrogens (tertiary/aromatic N) is 1. The highest BCUT2D eigenvalue weighted by Crippen LogP contribution is 2.25. The van der Waals surface area contributed by atoms with E-state index in [9.17, 15) is 9.18 Å². The Bertz CT molecular complexity index is 528. The van der Waals surface area contributed by atoms with Crippen LogP contribution in [0.15, 0.2) is 24.3 Å². The molecular weight excluding hydrogens is 297 g/mol. The van der Waals surface area contributed by atoms with Gasteiger partial charge in [0.1, 0.15) is 11.9 Å². The fourth-order valence-corrected chi connectivity index (χ4v) is 3.29. The quantitative estimate of drug-likeness (QED) is 0.871. The molecule has 0 aliphatic carbocycles. The van der Waals surface area contributed by atoms with E-state index in [1.54, 1.807) is 18.2 Å². The van der Waals surface area contributed by atoms with Crippen molar-refractivity contribution in [3.63, 3.8) is 0 Å². The summed E-state index contributed by atoms with van der Waals surface area (Å²) in [5, 5.41) is 6.38. The second-order valence-corrected chi connectivity index (χ2v) is 6.12. The van der Waals surface area contributed by atoms with Gasteiger partial charge in [-0.1, -0.05) is 18.2 Å². The summed E-state index contributed by atoms with van der Waals surface area (Å²) in [5.41, 5.74) is 0.440. The number of halogens is 1. The van der Waals surface area contributed by atoms with E-state index in [1.807, 2.05) is 4.90 Å². The normalized spacial score (nSPS) is 24.1. The van der Waals surface area contributed by atoms with Crippen LogP contribution in [-0.2, 0) is 9.53 Å². The van der Waals surface area contributed by atoms with Crippen LogP contribution in [0.2, 0.25) is 0 Å². The van der Waals surface area contributed by atoms with Crippen molar-refractivity contribution in [3.05, 3.63) is 35.6 Å². The summed E-state index contributed by atoms with van der Waals surface area (Å²) in [6.07, 6.45) is 2.01. The molecule has 2 aliphatic heterocycles. The minimum atomic E-state index is -0.595. The van der Waals surface area contributed by atoms with Crippen molar-refractivity contribution in [1.29, 1.82) is 0 Å². The largest absolute Gasteiger partial charge is 0.379 e. The van der Waals surface area contributed by atoms with Gasteiger partial charge in [0, 0.05) is 31.2 Å². The summed E-state index contributed by atoms with van der Waals surface area (Å²) in [4.78, 5) is 14.9. The van der Waals surface area contributed by atoms with Crippen molar-refractivity contribution >= 4 is 5.91 Å². The summed E-state index contributed by atoms with van der Waals surface area (Å²) in [6.45, 7) is 4.18. The van der Waals surface area contributed by atoms with Crippen molar-refractivity contribution in [2.75, 3.05) is 39.4 Å². The lowest BCUT2D eigenvalue weighted by Crippen LogP contribution is -2.51. The van der Waals surface area contributed by atoms with Crippen molar-refractivity contribution in [2.24, 2.45) is 0 Å². The van der Waals surface area contributed by atoms with E-state index >= 15 is 0 Å². The molecular formula is C17H24FN3O2. The molecule has 23 heavy (non-hydrogen) atoms. The highest BCUT2D eigenvalue weighted by molar-refractivity contribution is 5.83. The first-order valence-corrected chi connectivity index (χ1v) is 8.33. The second kappa shape index (κ2) is 7.86. The summed E-state index contributed by atoms with van der Waals surface area (Å²) < 4.78 is 19.7. The van der Waals surface area contributed by atoms with E-state index in [1.165, 1.54) is 6.07 Å². The molecule has 2 aliphatic rings. The smallest absolute Gasteiger partial charge is 0.242 e. The number of hydrogen-bond acceptors (Lipinski definition) is 4. The van der Waals surface area contributed by atoms with Crippen molar-refractivity contribution < 1.29 is 13.9 Å². The van der Waals surface area contributed by atoms with Crippen LogP contribution in [0.5, 0.6) is 0 Å². The summed E-state index contributed by atoms with van der Waals surface area (Å²) in [6, 6.07) is 6.07. The maximum Gasteiger partial charge on any atom is 0.242 e. The molecule has 1 aromatic carbocycles. The van der Waals surface area contributed by atoms with Gasteiger partial charge in [-0.15, -0.1) is 0 Å². The lowest BCUT2D eigenvalue weighted by molar-refractivity contribution is -0.129. The maximum atomic E-state index is 14.3. The van der Waals surface area contributed by atoms with Crippen LogP contribution in [0.25, 0.3) is 0 Å². The van der Waals surface area contributed by atoms with Crippen LogP contribution < -0.4 is 10.6 Å². The maximum absolute atomic E-state index is 14.3. The third-order valence-corrected chi connectivity index (χ3v) is 4.50. The van der Waals surface area contributed by atoms with Gasteiger partial charge in [0.05, 0.1) is 13.2 Å². The van der Waals surface area contributed by atoms with Crippen LogP contribution in [0.4, 0.5) is 4.39 Å². The van der Waals surface area contributed by atoms with E-state index < -0.39 is 6.04 Å². The summed E-state index contributed by atoms with van der Waals surface area (Å²) >= 11 is 0. The van der Waals surface area contributed by atoms with Crippen LogP contribution in [-0.4, -0.2) is 56.2 Å². The molecule has 126 valence electrons. The Labute approximate surface area is 136 Å². The Morgan fingerprint density at radius 3 is 2.83 bits per heavy atom. The minimum absolute atomic E-state index is 0.117. The third kappa shape index (κ3) is 4.07. The van der Waals surface area contributed by atoms with E-state index in [-0.39, 0.29) is 17.8 Å². The molecule has 0 bridgehead atoms. The van der Waals surface area contributed by atoms with Crippen molar-refractivity contribution in [1.82, 2.24) is 15.5 Å². The number of carbonyl (C=O) groups is 1. The van der Waals surface area contributed by atoms with Gasteiger partial charge in [0.15, 0.2) is 0 Å². The first-order valence-electron chi connectivity index (χ1n) is 8.33. The average molecular weight is 321 g/mol. The van der Waals surface area contributed by atoms with Crippen LogP contribution in [0, 0.1) is 5.82 Å². The predicted molar refractivity (Wildman–Crippen MR) is 85.6 cm³/mol. The molecule has 0 saturated carbocycles. The molecule has 6 heteroatoms. The Kier molecular flexibility index (Phi) is 5.59. The molecule has 2 unspecified atom stereocenters. The Balaban J connectivity index is 1.79. The third-order valence-electron chi connectivity index (χ3n) is 4.50. The predicted octanol–water partition coefficient (Wildman–Crippen LogP) is 1.07. The van der Waals surface area contributed by atoms with E-state index in [2.05, 4.69) is 10.6 Å². The molecule has 2 heterocycles. The molecule has 2 saturated heterocycles. The number of morpholine rings is 1. The van der Waals surface area contributed by atoms with Gasteiger partial charge in [0.2, 0.25) is 5.91 Å². The van der Waals surface area contributed by atoms with Gasteiger partial charge >= 0.3 is 0 Å². The monoisotopic (exact) mass is 321 g/mol. The number of carbonyl (C=O) groups excluding carboxylic acids is 1. The van der Waals surface area contributed by atoms with Crippen LogP contribution >= 0.6 is 0 Å². The van der Waals surface area contributed by atoms with Gasteiger partial charge in [0.25, 0.3) is 0 Å². The number of ether oxygens (including phenoxy) is 1. The lowest BCUT2D eigenvalue weighted by Gasteiger charge is -2.35. The van der Waals surface area contributed by atoms with Crippen LogP contribution in [0.3, 0.4) is 0 Å². The highest BCUT2D eigenvalue weighted by atomic mass is 19.1. The zero-order valence-electron chi connectivity index (χ0n) is 13.3. The molecule has 0 radical (unpaired) electrons. The van der Waals surface area contributed by atoms with Gasteiger partial charge in [-0.2, -0.15) is 0 Å². The SMILES string of the molecule is O=C(NC1CCCNC1)C(c1ccccc1F)N1CCOCC1. The number of benzene rings is 1. The van der Waals surface area contributed by atoms with Gasteiger partial charge < -0.3 is 15.4 Å². The Morgan fingerprint density at radius 2 is 2.13 bits per heavy atom. The van der Waals surface area contributed by atoms with Crippen molar-refractivity contribution in [3.8, 4) is 0 Å². The molecule has 2 fully saturated rings. The molecule has 0 aromatic heterocycles. The molecule has 2 N–H and O–H groups in total. The zero-order chi connectivity index (χ0) is 16.1. The Morgan fingerprint density at radius 1 is 1.35 bits per heavy atom. The van der Waals surface area contributed by atoms with Crippen LogP contribution in [0.1, 0.15) is 24.4 Å². The van der Waals surface area contributed by atoms with E-state index in [4.69, 9.17) is 4.74 Å². The lowest BCUT2D eigenvalue weighted by atomic mass is 10.0. The molecule has 0 spiro atoms. The fraction of sp³-hybridized carbons (Fsp3) is 0.588. The number of nitrogens with one attached hydrogen (secondary N) is 2. The molecule has 5 nitrogen and oxygen atoms in total. The Hall–Kier alpha value is -1.50. The fourth-order valence-electron chi connectivity index (χ4n) is 3.29.